The highest BCUT2D eigenvalue weighted by Gasteiger charge is 2.07. The average Bonchev–Trinajstić information content (AvgIpc) is 3.05. The van der Waals surface area contributed by atoms with Crippen molar-refractivity contribution in [1.82, 2.24) is 9.78 Å². The van der Waals surface area contributed by atoms with Crippen LogP contribution in [0.4, 0.5) is 8.78 Å². The highest BCUT2D eigenvalue weighted by molar-refractivity contribution is 5.88. The minimum Gasteiger partial charge on any atom is -0.478 e. The Bertz CT molecular complexity index is 843. The molecule has 0 fully saturated rings. The van der Waals surface area contributed by atoms with Crippen LogP contribution in [0.3, 0.4) is 0 Å². The number of hydrogen-bond donors (Lipinski definition) is 1. The van der Waals surface area contributed by atoms with Gasteiger partial charge in [-0.05, 0) is 42.0 Å². The third-order valence-corrected chi connectivity index (χ3v) is 3.37. The van der Waals surface area contributed by atoms with Gasteiger partial charge in [-0.3, -0.25) is 0 Å². The number of hydrogen-bond acceptors (Lipinski definition) is 3. The lowest BCUT2D eigenvalue weighted by Crippen LogP contribution is -2.02. The molecule has 3 aromatic rings. The van der Waals surface area contributed by atoms with Crippen LogP contribution in [-0.2, 0) is 0 Å². The molecule has 0 amide bonds. The molecule has 0 aliphatic carbocycles. The molecule has 1 N–H and O–H groups in total. The molecular weight excluding hydrogens is 318 g/mol. The van der Waals surface area contributed by atoms with Gasteiger partial charge in [-0.1, -0.05) is 12.1 Å². The fraction of sp³-hybridized carbons (Fsp3) is 0.0588. The number of rotatable bonds is 5. The lowest BCUT2D eigenvalue weighted by molar-refractivity contribution is -0.0498. The third-order valence-electron chi connectivity index (χ3n) is 3.37. The summed E-state index contributed by atoms with van der Waals surface area (Å²) in [5.41, 5.74) is 2.52. The van der Waals surface area contributed by atoms with Crippen molar-refractivity contribution in [2.75, 3.05) is 0 Å². The number of aromatic nitrogens is 2. The molecule has 5 nitrogen and oxygen atoms in total. The quantitative estimate of drug-likeness (QED) is 0.772. The van der Waals surface area contributed by atoms with Crippen molar-refractivity contribution in [3.8, 4) is 22.6 Å². The van der Waals surface area contributed by atoms with Gasteiger partial charge in [-0.15, -0.1) is 0 Å². The maximum Gasteiger partial charge on any atom is 0.387 e. The van der Waals surface area contributed by atoms with Crippen molar-refractivity contribution < 1.29 is 23.4 Å². The van der Waals surface area contributed by atoms with Gasteiger partial charge < -0.3 is 9.84 Å². The van der Waals surface area contributed by atoms with Gasteiger partial charge >= 0.3 is 12.6 Å². The average molecular weight is 330 g/mol. The third kappa shape index (κ3) is 3.40. The van der Waals surface area contributed by atoms with Gasteiger partial charge in [0, 0.05) is 11.8 Å². The van der Waals surface area contributed by atoms with Crippen LogP contribution < -0.4 is 4.74 Å². The Hall–Kier alpha value is -3.22. The van der Waals surface area contributed by atoms with Crippen molar-refractivity contribution >= 4 is 5.97 Å². The minimum absolute atomic E-state index is 0.0744. The number of nitrogens with zero attached hydrogens (tertiary/aromatic N) is 2. The molecule has 3 rings (SSSR count). The molecule has 1 aromatic heterocycles. The zero-order chi connectivity index (χ0) is 17.1. The van der Waals surface area contributed by atoms with Gasteiger partial charge in [0.25, 0.3) is 0 Å². The predicted octanol–water partition coefficient (Wildman–Crippen LogP) is 3.84. The van der Waals surface area contributed by atoms with Crippen molar-refractivity contribution in [2.24, 2.45) is 0 Å². The lowest BCUT2D eigenvalue weighted by Gasteiger charge is -2.05. The Morgan fingerprint density at radius 3 is 2.29 bits per heavy atom. The van der Waals surface area contributed by atoms with E-state index in [0.717, 1.165) is 11.1 Å². The van der Waals surface area contributed by atoms with Crippen LogP contribution in [-0.4, -0.2) is 27.5 Å². The highest BCUT2D eigenvalue weighted by Crippen LogP contribution is 2.22. The van der Waals surface area contributed by atoms with Gasteiger partial charge in [-0.2, -0.15) is 13.9 Å². The van der Waals surface area contributed by atoms with Gasteiger partial charge in [-0.25, -0.2) is 9.48 Å². The Labute approximate surface area is 135 Å². The van der Waals surface area contributed by atoms with E-state index in [0.29, 0.717) is 5.69 Å². The second-order valence-corrected chi connectivity index (χ2v) is 4.93. The highest BCUT2D eigenvalue weighted by atomic mass is 19.3. The molecule has 0 aliphatic rings. The number of ether oxygens (including phenoxy) is 1. The second kappa shape index (κ2) is 6.49. The van der Waals surface area contributed by atoms with E-state index in [1.165, 1.54) is 24.3 Å². The summed E-state index contributed by atoms with van der Waals surface area (Å²) >= 11 is 0. The summed E-state index contributed by atoms with van der Waals surface area (Å²) in [7, 11) is 0. The van der Waals surface area contributed by atoms with Crippen molar-refractivity contribution in [3.05, 3.63) is 66.5 Å². The number of alkyl halides is 2. The summed E-state index contributed by atoms with van der Waals surface area (Å²) < 4.78 is 30.2. The molecule has 1 heterocycles. The summed E-state index contributed by atoms with van der Waals surface area (Å²) in [4.78, 5) is 10.9. The Morgan fingerprint density at radius 1 is 1.04 bits per heavy atom. The standard InChI is InChI=1S/C17H12F2N2O3/c18-17(19)24-15-7-5-14(6-8-15)21-10-13(9-20-21)11-1-3-12(4-2-11)16(22)23/h1-10,17H,(H,22,23). The number of halogens is 2. The van der Waals surface area contributed by atoms with E-state index in [1.54, 1.807) is 41.3 Å². The topological polar surface area (TPSA) is 64.3 Å². The number of carbonyl (C=O) groups is 1. The molecule has 0 atom stereocenters. The van der Waals surface area contributed by atoms with Crippen molar-refractivity contribution in [1.29, 1.82) is 0 Å². The Morgan fingerprint density at radius 2 is 1.71 bits per heavy atom. The fourth-order valence-corrected chi connectivity index (χ4v) is 2.20. The largest absolute Gasteiger partial charge is 0.478 e. The fourth-order valence-electron chi connectivity index (χ4n) is 2.20. The number of aromatic carboxylic acids is 1. The molecular formula is C17H12F2N2O3. The molecule has 0 bridgehead atoms. The van der Waals surface area contributed by atoms with Crippen molar-refractivity contribution in [3.63, 3.8) is 0 Å². The SMILES string of the molecule is O=C(O)c1ccc(-c2cnn(-c3ccc(OC(F)F)cc3)c2)cc1. The van der Waals surface area contributed by atoms with E-state index < -0.39 is 12.6 Å². The van der Waals surface area contributed by atoms with E-state index in [2.05, 4.69) is 9.84 Å². The maximum absolute atomic E-state index is 12.1. The molecule has 24 heavy (non-hydrogen) atoms. The molecule has 122 valence electrons. The van der Waals surface area contributed by atoms with E-state index in [-0.39, 0.29) is 11.3 Å². The molecule has 0 saturated heterocycles. The number of carboxylic acids is 1. The summed E-state index contributed by atoms with van der Waals surface area (Å²) in [5, 5.41) is 13.1. The summed E-state index contributed by atoms with van der Waals surface area (Å²) in [5.74, 6) is -0.909. The predicted molar refractivity (Wildman–Crippen MR) is 82.6 cm³/mol. The monoisotopic (exact) mass is 330 g/mol. The van der Waals surface area contributed by atoms with E-state index >= 15 is 0 Å². The lowest BCUT2D eigenvalue weighted by atomic mass is 10.1. The van der Waals surface area contributed by atoms with Gasteiger partial charge in [0.2, 0.25) is 0 Å². The molecule has 0 radical (unpaired) electrons. The second-order valence-electron chi connectivity index (χ2n) is 4.93. The first-order valence-corrected chi connectivity index (χ1v) is 6.96. The van der Waals surface area contributed by atoms with E-state index in [9.17, 15) is 13.6 Å². The smallest absolute Gasteiger partial charge is 0.387 e. The molecule has 0 aliphatic heterocycles. The number of carboxylic acid groups (broad SMARTS) is 1. The zero-order valence-corrected chi connectivity index (χ0v) is 12.3. The Kier molecular flexibility index (Phi) is 4.24. The van der Waals surface area contributed by atoms with Crippen LogP contribution in [0.1, 0.15) is 10.4 Å². The van der Waals surface area contributed by atoms with Crippen LogP contribution in [0.15, 0.2) is 60.9 Å². The zero-order valence-electron chi connectivity index (χ0n) is 12.3. The first-order valence-electron chi connectivity index (χ1n) is 6.96. The van der Waals surface area contributed by atoms with Crippen LogP contribution in [0, 0.1) is 0 Å². The molecule has 0 saturated carbocycles. The van der Waals surface area contributed by atoms with Crippen LogP contribution in [0.2, 0.25) is 0 Å². The van der Waals surface area contributed by atoms with Gasteiger partial charge in [0.05, 0.1) is 17.4 Å². The first kappa shape index (κ1) is 15.7. The van der Waals surface area contributed by atoms with E-state index in [4.69, 9.17) is 5.11 Å². The maximum atomic E-state index is 12.1. The molecule has 0 unspecified atom stereocenters. The molecule has 7 heteroatoms. The van der Waals surface area contributed by atoms with Crippen LogP contribution in [0.5, 0.6) is 5.75 Å². The van der Waals surface area contributed by atoms with Crippen LogP contribution in [0.25, 0.3) is 16.8 Å². The van der Waals surface area contributed by atoms with Crippen molar-refractivity contribution in [2.45, 2.75) is 6.61 Å². The summed E-state index contributed by atoms with van der Waals surface area (Å²) in [6.07, 6.45) is 3.40. The Balaban J connectivity index is 1.81. The summed E-state index contributed by atoms with van der Waals surface area (Å²) in [6, 6.07) is 12.5. The van der Waals surface area contributed by atoms with Gasteiger partial charge in [0.1, 0.15) is 5.75 Å². The van der Waals surface area contributed by atoms with Gasteiger partial charge in [0.15, 0.2) is 0 Å². The first-order chi connectivity index (χ1) is 11.5. The van der Waals surface area contributed by atoms with E-state index in [1.807, 2.05) is 0 Å². The minimum atomic E-state index is -2.86. The normalized spacial score (nSPS) is 10.8. The summed E-state index contributed by atoms with van der Waals surface area (Å²) in [6.45, 7) is -2.86. The molecule has 0 spiro atoms. The van der Waals surface area contributed by atoms with Crippen LogP contribution >= 0.6 is 0 Å². The number of benzene rings is 2. The molecule has 2 aromatic carbocycles.